The van der Waals surface area contributed by atoms with Crippen molar-refractivity contribution in [2.45, 2.75) is 20.0 Å². The van der Waals surface area contributed by atoms with Crippen LogP contribution < -0.4 is 0 Å². The topological polar surface area (TPSA) is 42.4 Å². The van der Waals surface area contributed by atoms with Gasteiger partial charge in [-0.2, -0.15) is 0 Å². The predicted octanol–water partition coefficient (Wildman–Crippen LogP) is 1.92. The van der Waals surface area contributed by atoms with E-state index in [2.05, 4.69) is 4.98 Å². The summed E-state index contributed by atoms with van der Waals surface area (Å²) in [6.07, 6.45) is 2.26. The van der Waals surface area contributed by atoms with Crippen molar-refractivity contribution in [3.63, 3.8) is 0 Å². The Bertz CT molecular complexity index is 355. The first kappa shape index (κ1) is 14.6. The zero-order valence-electron chi connectivity index (χ0n) is 10.8. The number of rotatable bonds is 7. The monoisotopic (exact) mass is 254 g/mol. The van der Waals surface area contributed by atoms with Crippen LogP contribution in [0.4, 0.5) is 4.39 Å². The number of hydrogen-bond donors (Lipinski definition) is 0. The van der Waals surface area contributed by atoms with Gasteiger partial charge in [0.2, 0.25) is 0 Å². The van der Waals surface area contributed by atoms with Gasteiger partial charge >= 0.3 is 5.97 Å². The van der Waals surface area contributed by atoms with Crippen LogP contribution in [0.3, 0.4) is 0 Å². The minimum absolute atomic E-state index is 0.343. The number of likely N-dealkylation sites (N-methyl/N-ethyl adjacent to an activating group) is 1. The number of nitrogens with zero attached hydrogens (tertiary/aromatic N) is 2. The van der Waals surface area contributed by atoms with E-state index in [1.807, 2.05) is 18.7 Å². The van der Waals surface area contributed by atoms with Crippen molar-refractivity contribution >= 4 is 5.97 Å². The third-order valence-corrected chi connectivity index (χ3v) is 2.70. The Labute approximate surface area is 107 Å². The van der Waals surface area contributed by atoms with Crippen molar-refractivity contribution in [3.05, 3.63) is 30.1 Å². The van der Waals surface area contributed by atoms with Gasteiger partial charge in [0, 0.05) is 18.9 Å². The molecule has 0 aliphatic rings. The SMILES string of the molecule is CCN(CC)CC(CF)OC(=O)c1cccnc1. The molecule has 0 amide bonds. The standard InChI is InChI=1S/C13H19FN2O2/c1-3-16(4-2)10-12(8-14)18-13(17)11-6-5-7-15-9-11/h5-7,9,12H,3-4,8,10H2,1-2H3. The number of aromatic nitrogens is 1. The molecule has 0 aliphatic heterocycles. The van der Waals surface area contributed by atoms with Crippen LogP contribution in [-0.2, 0) is 4.74 Å². The van der Waals surface area contributed by atoms with E-state index in [1.54, 1.807) is 18.3 Å². The first-order valence-corrected chi connectivity index (χ1v) is 6.10. The zero-order valence-corrected chi connectivity index (χ0v) is 10.8. The van der Waals surface area contributed by atoms with Gasteiger partial charge in [-0.25, -0.2) is 9.18 Å². The van der Waals surface area contributed by atoms with E-state index in [1.165, 1.54) is 6.20 Å². The number of ether oxygens (including phenoxy) is 1. The smallest absolute Gasteiger partial charge is 0.340 e. The van der Waals surface area contributed by atoms with E-state index in [0.29, 0.717) is 12.1 Å². The summed E-state index contributed by atoms with van der Waals surface area (Å²) in [4.78, 5) is 17.6. The fourth-order valence-corrected chi connectivity index (χ4v) is 1.59. The first-order chi connectivity index (χ1) is 8.71. The molecule has 5 heteroatoms. The van der Waals surface area contributed by atoms with Crippen molar-refractivity contribution < 1.29 is 13.9 Å². The van der Waals surface area contributed by atoms with E-state index in [9.17, 15) is 9.18 Å². The molecule has 100 valence electrons. The Morgan fingerprint density at radius 1 is 1.50 bits per heavy atom. The molecule has 0 fully saturated rings. The summed E-state index contributed by atoms with van der Waals surface area (Å²) >= 11 is 0. The lowest BCUT2D eigenvalue weighted by molar-refractivity contribution is 0.0140. The molecule has 1 heterocycles. The van der Waals surface area contributed by atoms with Gasteiger partial charge in [0.15, 0.2) is 0 Å². The average molecular weight is 254 g/mol. The van der Waals surface area contributed by atoms with Crippen molar-refractivity contribution in [3.8, 4) is 0 Å². The van der Waals surface area contributed by atoms with Crippen LogP contribution in [0.2, 0.25) is 0 Å². The number of alkyl halides is 1. The van der Waals surface area contributed by atoms with Gasteiger partial charge < -0.3 is 9.64 Å². The van der Waals surface area contributed by atoms with Crippen molar-refractivity contribution in [1.82, 2.24) is 9.88 Å². The highest BCUT2D eigenvalue weighted by Crippen LogP contribution is 2.05. The van der Waals surface area contributed by atoms with E-state index >= 15 is 0 Å². The molecule has 1 rings (SSSR count). The summed E-state index contributed by atoms with van der Waals surface area (Å²) in [6.45, 7) is 5.32. The van der Waals surface area contributed by atoms with Gasteiger partial charge in [0.25, 0.3) is 0 Å². The molecule has 0 aliphatic carbocycles. The Balaban J connectivity index is 2.55. The van der Waals surface area contributed by atoms with E-state index in [-0.39, 0.29) is 0 Å². The third-order valence-electron chi connectivity index (χ3n) is 2.70. The molecular weight excluding hydrogens is 235 g/mol. The molecule has 1 atom stereocenters. The Morgan fingerprint density at radius 2 is 2.22 bits per heavy atom. The average Bonchev–Trinajstić information content (AvgIpc) is 2.44. The normalized spacial score (nSPS) is 12.4. The summed E-state index contributed by atoms with van der Waals surface area (Å²) in [5.41, 5.74) is 0.343. The molecule has 0 saturated heterocycles. The maximum atomic E-state index is 12.8. The molecule has 18 heavy (non-hydrogen) atoms. The predicted molar refractivity (Wildman–Crippen MR) is 67.2 cm³/mol. The Kier molecular flexibility index (Phi) is 6.28. The highest BCUT2D eigenvalue weighted by Gasteiger charge is 2.18. The highest BCUT2D eigenvalue weighted by molar-refractivity contribution is 5.89. The second-order valence-electron chi connectivity index (χ2n) is 3.91. The van der Waals surface area contributed by atoms with Gasteiger partial charge in [0.1, 0.15) is 12.8 Å². The molecular formula is C13H19FN2O2. The van der Waals surface area contributed by atoms with Gasteiger partial charge in [-0.05, 0) is 25.2 Å². The minimum Gasteiger partial charge on any atom is -0.455 e. The second-order valence-corrected chi connectivity index (χ2v) is 3.91. The van der Waals surface area contributed by atoms with Crippen LogP contribution >= 0.6 is 0 Å². The molecule has 0 spiro atoms. The zero-order chi connectivity index (χ0) is 13.4. The molecule has 0 aromatic carbocycles. The molecule has 0 saturated carbocycles. The van der Waals surface area contributed by atoms with Gasteiger partial charge in [-0.1, -0.05) is 13.8 Å². The molecule has 1 aromatic rings. The lowest BCUT2D eigenvalue weighted by Crippen LogP contribution is -2.36. The van der Waals surface area contributed by atoms with Gasteiger partial charge in [0.05, 0.1) is 5.56 Å². The summed E-state index contributed by atoms with van der Waals surface area (Å²) in [6, 6.07) is 3.24. The van der Waals surface area contributed by atoms with Crippen molar-refractivity contribution in [1.29, 1.82) is 0 Å². The lowest BCUT2D eigenvalue weighted by atomic mass is 10.3. The van der Waals surface area contributed by atoms with Crippen molar-refractivity contribution in [2.75, 3.05) is 26.3 Å². The number of carbonyl (C=O) groups is 1. The molecule has 1 aromatic heterocycles. The maximum Gasteiger partial charge on any atom is 0.340 e. The van der Waals surface area contributed by atoms with Crippen LogP contribution in [0.1, 0.15) is 24.2 Å². The molecule has 1 unspecified atom stereocenters. The Morgan fingerprint density at radius 3 is 2.72 bits per heavy atom. The fourth-order valence-electron chi connectivity index (χ4n) is 1.59. The number of esters is 1. The molecule has 0 radical (unpaired) electrons. The van der Waals surface area contributed by atoms with Crippen LogP contribution in [-0.4, -0.2) is 48.3 Å². The highest BCUT2D eigenvalue weighted by atomic mass is 19.1. The first-order valence-electron chi connectivity index (χ1n) is 6.10. The fraction of sp³-hybridized carbons (Fsp3) is 0.538. The number of halogens is 1. The quantitative estimate of drug-likeness (QED) is 0.697. The molecule has 0 N–H and O–H groups in total. The van der Waals surface area contributed by atoms with Crippen LogP contribution in [0.15, 0.2) is 24.5 Å². The summed E-state index contributed by atoms with van der Waals surface area (Å²) in [5, 5.41) is 0. The summed E-state index contributed by atoms with van der Waals surface area (Å²) < 4.78 is 18.0. The van der Waals surface area contributed by atoms with Crippen LogP contribution in [0.25, 0.3) is 0 Å². The van der Waals surface area contributed by atoms with E-state index < -0.39 is 18.7 Å². The van der Waals surface area contributed by atoms with Crippen molar-refractivity contribution in [2.24, 2.45) is 0 Å². The van der Waals surface area contributed by atoms with E-state index in [4.69, 9.17) is 4.74 Å². The summed E-state index contributed by atoms with van der Waals surface area (Å²) in [5.74, 6) is -0.530. The second kappa shape index (κ2) is 7.76. The lowest BCUT2D eigenvalue weighted by Gasteiger charge is -2.23. The van der Waals surface area contributed by atoms with Gasteiger partial charge in [-0.15, -0.1) is 0 Å². The number of pyridine rings is 1. The van der Waals surface area contributed by atoms with E-state index in [0.717, 1.165) is 13.1 Å². The molecule has 0 bridgehead atoms. The molecule has 4 nitrogen and oxygen atoms in total. The largest absolute Gasteiger partial charge is 0.455 e. The maximum absolute atomic E-state index is 12.8. The van der Waals surface area contributed by atoms with Crippen LogP contribution in [0, 0.1) is 0 Å². The van der Waals surface area contributed by atoms with Crippen LogP contribution in [0.5, 0.6) is 0 Å². The minimum atomic E-state index is -0.724. The van der Waals surface area contributed by atoms with Gasteiger partial charge in [-0.3, -0.25) is 4.98 Å². The third kappa shape index (κ3) is 4.41. The summed E-state index contributed by atoms with van der Waals surface area (Å²) in [7, 11) is 0. The Hall–Kier alpha value is -1.49. The number of hydrogen-bond acceptors (Lipinski definition) is 4. The number of carbonyl (C=O) groups excluding carboxylic acids is 1.